The predicted molar refractivity (Wildman–Crippen MR) is 74.1 cm³/mol. The van der Waals surface area contributed by atoms with E-state index in [-0.39, 0.29) is 18.4 Å². The zero-order valence-corrected chi connectivity index (χ0v) is 11.4. The fraction of sp³-hybridized carbons (Fsp3) is 0.357. The number of aliphatic carboxylic acids is 1. The van der Waals surface area contributed by atoms with Crippen LogP contribution in [-0.4, -0.2) is 29.6 Å². The molecule has 106 valence electrons. The summed E-state index contributed by atoms with van der Waals surface area (Å²) in [5.74, 6) is -1.46. The van der Waals surface area contributed by atoms with Gasteiger partial charge >= 0.3 is 5.97 Å². The second-order valence-electron chi connectivity index (χ2n) is 4.68. The lowest BCUT2D eigenvalue weighted by molar-refractivity contribution is -0.140. The predicted octanol–water partition coefficient (Wildman–Crippen LogP) is 1.20. The highest BCUT2D eigenvalue weighted by molar-refractivity contribution is 5.92. The number of benzene rings is 1. The minimum atomic E-state index is -0.987. The first-order valence-corrected chi connectivity index (χ1v) is 6.20. The minimum absolute atomic E-state index is 0.105. The molecule has 6 nitrogen and oxygen atoms in total. The molecule has 1 aromatic rings. The van der Waals surface area contributed by atoms with Crippen LogP contribution >= 0.6 is 0 Å². The third-order valence-corrected chi connectivity index (χ3v) is 2.69. The van der Waals surface area contributed by atoms with Gasteiger partial charge in [-0.2, -0.15) is 5.26 Å². The number of carboxylic acid groups (broad SMARTS) is 1. The number of amides is 1. The molecule has 0 aliphatic carbocycles. The summed E-state index contributed by atoms with van der Waals surface area (Å²) in [4.78, 5) is 22.7. The van der Waals surface area contributed by atoms with E-state index < -0.39 is 12.0 Å². The second kappa shape index (κ2) is 7.26. The molecule has 1 amide bonds. The van der Waals surface area contributed by atoms with Gasteiger partial charge in [-0.25, -0.2) is 0 Å². The smallest absolute Gasteiger partial charge is 0.320 e. The Bertz CT molecular complexity index is 535. The first-order valence-electron chi connectivity index (χ1n) is 6.20. The fourth-order valence-electron chi connectivity index (χ4n) is 1.68. The monoisotopic (exact) mass is 275 g/mol. The first-order chi connectivity index (χ1) is 9.43. The maximum atomic E-state index is 11.7. The van der Waals surface area contributed by atoms with Gasteiger partial charge in [-0.15, -0.1) is 0 Å². The Balaban J connectivity index is 2.55. The molecule has 3 N–H and O–H groups in total. The summed E-state index contributed by atoms with van der Waals surface area (Å²) in [5.41, 5.74) is 0.952. The van der Waals surface area contributed by atoms with E-state index in [9.17, 15) is 9.59 Å². The number of nitrogens with one attached hydrogen (secondary N) is 2. The molecule has 0 radical (unpaired) electrons. The van der Waals surface area contributed by atoms with E-state index in [0.717, 1.165) is 0 Å². The van der Waals surface area contributed by atoms with E-state index in [1.807, 2.05) is 6.07 Å². The van der Waals surface area contributed by atoms with Gasteiger partial charge in [0.25, 0.3) is 0 Å². The van der Waals surface area contributed by atoms with Gasteiger partial charge in [-0.05, 0) is 24.1 Å². The van der Waals surface area contributed by atoms with Crippen LogP contribution in [-0.2, 0) is 9.59 Å². The lowest BCUT2D eigenvalue weighted by Crippen LogP contribution is -2.44. The van der Waals surface area contributed by atoms with Gasteiger partial charge in [-0.3, -0.25) is 14.9 Å². The van der Waals surface area contributed by atoms with E-state index in [1.165, 1.54) is 0 Å². The summed E-state index contributed by atoms with van der Waals surface area (Å²) < 4.78 is 0. The molecular formula is C14H17N3O3. The molecule has 1 rings (SSSR count). The Labute approximate surface area is 117 Å². The highest BCUT2D eigenvalue weighted by Gasteiger charge is 2.21. The van der Waals surface area contributed by atoms with Crippen molar-refractivity contribution >= 4 is 17.6 Å². The van der Waals surface area contributed by atoms with Crippen molar-refractivity contribution in [1.29, 1.82) is 5.26 Å². The van der Waals surface area contributed by atoms with Gasteiger partial charge in [0.2, 0.25) is 5.91 Å². The van der Waals surface area contributed by atoms with Crippen LogP contribution in [0.3, 0.4) is 0 Å². The summed E-state index contributed by atoms with van der Waals surface area (Å²) in [6, 6.07) is 7.71. The van der Waals surface area contributed by atoms with Gasteiger partial charge in [0.1, 0.15) is 6.04 Å². The molecular weight excluding hydrogens is 258 g/mol. The van der Waals surface area contributed by atoms with Gasteiger partial charge in [-0.1, -0.05) is 19.9 Å². The quantitative estimate of drug-likeness (QED) is 0.724. The third-order valence-electron chi connectivity index (χ3n) is 2.69. The van der Waals surface area contributed by atoms with E-state index in [2.05, 4.69) is 10.6 Å². The zero-order chi connectivity index (χ0) is 15.1. The number of rotatable bonds is 6. The van der Waals surface area contributed by atoms with Crippen LogP contribution in [0.25, 0.3) is 0 Å². The van der Waals surface area contributed by atoms with Crippen molar-refractivity contribution in [3.8, 4) is 6.07 Å². The summed E-state index contributed by atoms with van der Waals surface area (Å²) in [6.07, 6.45) is 0. The number of anilines is 1. The average molecular weight is 275 g/mol. The first kappa shape index (κ1) is 15.7. The van der Waals surface area contributed by atoms with Crippen molar-refractivity contribution in [3.63, 3.8) is 0 Å². The van der Waals surface area contributed by atoms with Crippen molar-refractivity contribution in [2.24, 2.45) is 5.92 Å². The fourth-order valence-corrected chi connectivity index (χ4v) is 1.68. The number of nitriles is 1. The summed E-state index contributed by atoms with van der Waals surface area (Å²) in [7, 11) is 0. The molecule has 6 heteroatoms. The molecule has 0 fully saturated rings. The Kier molecular flexibility index (Phi) is 5.69. The highest BCUT2D eigenvalue weighted by Crippen LogP contribution is 2.09. The molecule has 0 aromatic heterocycles. The van der Waals surface area contributed by atoms with Gasteiger partial charge < -0.3 is 10.4 Å². The zero-order valence-electron chi connectivity index (χ0n) is 11.4. The lowest BCUT2D eigenvalue weighted by atomic mass is 10.1. The minimum Gasteiger partial charge on any atom is -0.480 e. The van der Waals surface area contributed by atoms with Crippen molar-refractivity contribution in [2.75, 3.05) is 11.9 Å². The number of carboxylic acids is 1. The molecule has 0 spiro atoms. The molecule has 0 bridgehead atoms. The summed E-state index contributed by atoms with van der Waals surface area (Å²) in [5, 5.41) is 23.0. The largest absolute Gasteiger partial charge is 0.480 e. The molecule has 1 aromatic carbocycles. The van der Waals surface area contributed by atoms with E-state index in [4.69, 9.17) is 10.4 Å². The molecule has 0 heterocycles. The number of hydrogen-bond acceptors (Lipinski definition) is 4. The van der Waals surface area contributed by atoms with Crippen LogP contribution in [0.4, 0.5) is 5.69 Å². The van der Waals surface area contributed by atoms with Crippen molar-refractivity contribution < 1.29 is 14.7 Å². The van der Waals surface area contributed by atoms with Gasteiger partial charge in [0, 0.05) is 5.69 Å². The Morgan fingerprint density at radius 2 is 2.10 bits per heavy atom. The Hall–Kier alpha value is -2.39. The van der Waals surface area contributed by atoms with Crippen LogP contribution in [0.5, 0.6) is 0 Å². The van der Waals surface area contributed by atoms with E-state index in [1.54, 1.807) is 38.1 Å². The molecule has 0 saturated carbocycles. The molecule has 1 atom stereocenters. The number of nitrogens with zero attached hydrogens (tertiary/aromatic N) is 1. The van der Waals surface area contributed by atoms with Crippen molar-refractivity contribution in [2.45, 2.75) is 19.9 Å². The average Bonchev–Trinajstić information content (AvgIpc) is 2.38. The number of hydrogen-bond donors (Lipinski definition) is 3. The van der Waals surface area contributed by atoms with Crippen LogP contribution in [0.15, 0.2) is 24.3 Å². The van der Waals surface area contributed by atoms with Crippen molar-refractivity contribution in [3.05, 3.63) is 29.8 Å². The molecule has 0 saturated heterocycles. The standard InChI is InChI=1S/C14H17N3O3/c1-9(2)13(14(19)20)16-8-12(18)17-11-5-3-4-10(6-11)7-15/h3-6,9,13,16H,8H2,1-2H3,(H,17,18)(H,19,20). The third kappa shape index (κ3) is 4.71. The molecule has 20 heavy (non-hydrogen) atoms. The van der Waals surface area contributed by atoms with Crippen LogP contribution in [0.2, 0.25) is 0 Å². The van der Waals surface area contributed by atoms with E-state index in [0.29, 0.717) is 11.3 Å². The summed E-state index contributed by atoms with van der Waals surface area (Å²) in [6.45, 7) is 3.42. The molecule has 0 aliphatic heterocycles. The maximum Gasteiger partial charge on any atom is 0.320 e. The normalized spacial score (nSPS) is 11.7. The topological polar surface area (TPSA) is 102 Å². The van der Waals surface area contributed by atoms with Crippen LogP contribution in [0.1, 0.15) is 19.4 Å². The van der Waals surface area contributed by atoms with E-state index >= 15 is 0 Å². The number of carbonyl (C=O) groups excluding carboxylic acids is 1. The molecule has 1 unspecified atom stereocenters. The Morgan fingerprint density at radius 3 is 2.65 bits per heavy atom. The second-order valence-corrected chi connectivity index (χ2v) is 4.68. The highest BCUT2D eigenvalue weighted by atomic mass is 16.4. The van der Waals surface area contributed by atoms with Gasteiger partial charge in [0.15, 0.2) is 0 Å². The summed E-state index contributed by atoms with van der Waals surface area (Å²) >= 11 is 0. The maximum absolute atomic E-state index is 11.7. The van der Waals surface area contributed by atoms with Gasteiger partial charge in [0.05, 0.1) is 18.2 Å². The van der Waals surface area contributed by atoms with Crippen LogP contribution < -0.4 is 10.6 Å². The van der Waals surface area contributed by atoms with Crippen molar-refractivity contribution in [1.82, 2.24) is 5.32 Å². The molecule has 0 aliphatic rings. The van der Waals surface area contributed by atoms with Crippen LogP contribution in [0, 0.1) is 17.2 Å². The Morgan fingerprint density at radius 1 is 1.40 bits per heavy atom. The SMILES string of the molecule is CC(C)C(NCC(=O)Nc1cccc(C#N)c1)C(=O)O. The lowest BCUT2D eigenvalue weighted by Gasteiger charge is -2.17. The number of carbonyl (C=O) groups is 2.